The van der Waals surface area contributed by atoms with Gasteiger partial charge in [-0.25, -0.2) is 4.98 Å². The molecule has 18 heavy (non-hydrogen) atoms. The summed E-state index contributed by atoms with van der Waals surface area (Å²) in [5, 5.41) is 18.7. The Morgan fingerprint density at radius 3 is 2.22 bits per heavy atom. The molecular weight excluding hydrogens is 267 g/mol. The first-order valence-corrected chi connectivity index (χ1v) is 6.51. The molecule has 0 saturated heterocycles. The van der Waals surface area contributed by atoms with E-state index in [0.717, 1.165) is 6.20 Å². The molecule has 0 aliphatic carbocycles. The molecule has 0 fully saturated rings. The molecule has 0 aliphatic rings. The summed E-state index contributed by atoms with van der Waals surface area (Å²) in [5.74, 6) is -0.142. The molecular formula is C11H16F3NO2S. The lowest BCUT2D eigenvalue weighted by atomic mass is 9.92. The highest BCUT2D eigenvalue weighted by Gasteiger charge is 2.36. The summed E-state index contributed by atoms with van der Waals surface area (Å²) in [6.45, 7) is 3.72. The van der Waals surface area contributed by atoms with Gasteiger partial charge in [0.25, 0.3) is 0 Å². The molecule has 2 unspecified atom stereocenters. The number of alkyl halides is 3. The van der Waals surface area contributed by atoms with Crippen LogP contribution < -0.4 is 0 Å². The van der Waals surface area contributed by atoms with Crippen molar-refractivity contribution in [3.8, 4) is 0 Å². The quantitative estimate of drug-likeness (QED) is 0.873. The first-order chi connectivity index (χ1) is 8.31. The lowest BCUT2D eigenvalue weighted by Crippen LogP contribution is -2.26. The third-order valence-corrected chi connectivity index (χ3v) is 4.03. The number of aliphatic hydroxyl groups is 2. The summed E-state index contributed by atoms with van der Waals surface area (Å²) >= 11 is 0.369. The molecule has 0 radical (unpaired) electrons. The first-order valence-electron chi connectivity index (χ1n) is 5.70. The maximum absolute atomic E-state index is 12.4. The topological polar surface area (TPSA) is 53.4 Å². The molecule has 0 spiro atoms. The van der Waals surface area contributed by atoms with Crippen LogP contribution in [0.5, 0.6) is 0 Å². The average Bonchev–Trinajstić information content (AvgIpc) is 2.78. The summed E-state index contributed by atoms with van der Waals surface area (Å²) in [7, 11) is 0. The second-order valence-corrected chi connectivity index (χ2v) is 5.14. The molecule has 3 nitrogen and oxygen atoms in total. The highest BCUT2D eigenvalue weighted by Crippen LogP contribution is 2.36. The van der Waals surface area contributed by atoms with E-state index in [2.05, 4.69) is 4.98 Å². The molecule has 0 bridgehead atoms. The largest absolute Gasteiger partial charge is 0.443 e. The summed E-state index contributed by atoms with van der Waals surface area (Å²) in [6.07, 6.45) is -4.61. The third kappa shape index (κ3) is 3.43. The molecule has 1 aromatic heterocycles. The highest BCUT2D eigenvalue weighted by molar-refractivity contribution is 7.11. The van der Waals surface area contributed by atoms with Gasteiger partial charge in [0.2, 0.25) is 0 Å². The molecule has 0 saturated carbocycles. The predicted molar refractivity (Wildman–Crippen MR) is 62.2 cm³/mol. The van der Waals surface area contributed by atoms with Crippen molar-refractivity contribution in [1.82, 2.24) is 4.98 Å². The van der Waals surface area contributed by atoms with Crippen molar-refractivity contribution in [2.45, 2.75) is 45.1 Å². The lowest BCUT2D eigenvalue weighted by molar-refractivity contribution is -0.137. The van der Waals surface area contributed by atoms with Crippen LogP contribution in [0.2, 0.25) is 0 Å². The van der Waals surface area contributed by atoms with Gasteiger partial charge in [0.15, 0.2) is 5.01 Å². The van der Waals surface area contributed by atoms with Crippen LogP contribution >= 0.6 is 11.3 Å². The summed E-state index contributed by atoms with van der Waals surface area (Å²) in [5.41, 5.74) is 0. The number of aromatic nitrogens is 1. The Morgan fingerprint density at radius 1 is 1.28 bits per heavy atom. The van der Waals surface area contributed by atoms with Crippen LogP contribution in [-0.2, 0) is 6.18 Å². The maximum Gasteiger partial charge on any atom is 0.443 e. The minimum atomic E-state index is -4.51. The van der Waals surface area contributed by atoms with Crippen LogP contribution in [-0.4, -0.2) is 21.3 Å². The molecule has 1 rings (SSSR count). The third-order valence-electron chi connectivity index (χ3n) is 2.91. The molecule has 0 amide bonds. The Balaban J connectivity index is 2.84. The van der Waals surface area contributed by atoms with Crippen molar-refractivity contribution in [3.05, 3.63) is 16.1 Å². The van der Waals surface area contributed by atoms with E-state index in [1.54, 1.807) is 0 Å². The number of aliphatic hydroxyl groups excluding tert-OH is 2. The Morgan fingerprint density at radius 2 is 1.83 bits per heavy atom. The van der Waals surface area contributed by atoms with Crippen LogP contribution in [0.15, 0.2) is 6.20 Å². The van der Waals surface area contributed by atoms with Crippen LogP contribution in [0.1, 0.15) is 42.7 Å². The van der Waals surface area contributed by atoms with Crippen LogP contribution in [0.4, 0.5) is 13.2 Å². The maximum atomic E-state index is 12.4. The normalized spacial score (nSPS) is 16.0. The number of thiazole rings is 1. The van der Waals surface area contributed by atoms with Crippen LogP contribution in [0.3, 0.4) is 0 Å². The Labute approximate surface area is 107 Å². The molecule has 7 heteroatoms. The Kier molecular flexibility index (Phi) is 5.12. The van der Waals surface area contributed by atoms with Gasteiger partial charge in [-0.2, -0.15) is 13.2 Å². The van der Waals surface area contributed by atoms with Gasteiger partial charge in [0.05, 0.1) is 11.0 Å². The van der Waals surface area contributed by atoms with Crippen LogP contribution in [0, 0.1) is 5.92 Å². The van der Waals surface area contributed by atoms with Gasteiger partial charge in [-0.15, -0.1) is 11.3 Å². The monoisotopic (exact) mass is 283 g/mol. The number of nitrogens with zero attached hydrogens (tertiary/aromatic N) is 1. The van der Waals surface area contributed by atoms with E-state index in [-0.39, 0.29) is 10.8 Å². The van der Waals surface area contributed by atoms with E-state index >= 15 is 0 Å². The molecule has 0 aromatic carbocycles. The fourth-order valence-corrected chi connectivity index (χ4v) is 2.56. The molecule has 104 valence electrons. The summed E-state index contributed by atoms with van der Waals surface area (Å²) < 4.78 is 37.1. The zero-order valence-corrected chi connectivity index (χ0v) is 10.9. The second kappa shape index (κ2) is 5.99. The number of hydrogen-bond donors (Lipinski definition) is 2. The summed E-state index contributed by atoms with van der Waals surface area (Å²) in [6, 6.07) is 0. The summed E-state index contributed by atoms with van der Waals surface area (Å²) in [4.78, 5) is 3.27. The number of hydrogen-bond acceptors (Lipinski definition) is 4. The highest BCUT2D eigenvalue weighted by atomic mass is 32.1. The van der Waals surface area contributed by atoms with Gasteiger partial charge >= 0.3 is 6.18 Å². The van der Waals surface area contributed by atoms with Crippen molar-refractivity contribution in [2.24, 2.45) is 5.92 Å². The predicted octanol–water partition coefficient (Wildman–Crippen LogP) is 2.99. The standard InChI is InChI=1S/C11H16F3NO2S/c1-3-6(4-2)8(16)9(17)7-5-15-10(18-7)11(12,13)14/h5-6,8-9,16-17H,3-4H2,1-2H3. The van der Waals surface area contributed by atoms with Gasteiger partial charge in [0, 0.05) is 6.20 Å². The van der Waals surface area contributed by atoms with Crippen molar-refractivity contribution < 1.29 is 23.4 Å². The minimum absolute atomic E-state index is 0.0433. The van der Waals surface area contributed by atoms with E-state index < -0.39 is 23.4 Å². The van der Waals surface area contributed by atoms with Gasteiger partial charge in [0.1, 0.15) is 6.10 Å². The average molecular weight is 283 g/mol. The molecule has 1 heterocycles. The van der Waals surface area contributed by atoms with E-state index in [1.165, 1.54) is 0 Å². The minimum Gasteiger partial charge on any atom is -0.390 e. The van der Waals surface area contributed by atoms with Crippen molar-refractivity contribution >= 4 is 11.3 Å². The molecule has 2 N–H and O–H groups in total. The van der Waals surface area contributed by atoms with Gasteiger partial charge in [-0.05, 0) is 5.92 Å². The van der Waals surface area contributed by atoms with Crippen LogP contribution in [0.25, 0.3) is 0 Å². The van der Waals surface area contributed by atoms with Crippen molar-refractivity contribution in [3.63, 3.8) is 0 Å². The van der Waals surface area contributed by atoms with Gasteiger partial charge < -0.3 is 10.2 Å². The van der Waals surface area contributed by atoms with Gasteiger partial charge in [-0.3, -0.25) is 0 Å². The smallest absolute Gasteiger partial charge is 0.390 e. The Bertz CT molecular complexity index is 377. The lowest BCUT2D eigenvalue weighted by Gasteiger charge is -2.23. The zero-order valence-electron chi connectivity index (χ0n) is 10.1. The van der Waals surface area contributed by atoms with Crippen molar-refractivity contribution in [1.29, 1.82) is 0 Å². The number of rotatable bonds is 5. The first kappa shape index (κ1) is 15.4. The fourth-order valence-electron chi connectivity index (χ4n) is 1.75. The van der Waals surface area contributed by atoms with E-state index in [1.807, 2.05) is 13.8 Å². The second-order valence-electron chi connectivity index (χ2n) is 4.08. The molecule has 0 aliphatic heterocycles. The SMILES string of the molecule is CCC(CC)C(O)C(O)c1cnc(C(F)(F)F)s1. The van der Waals surface area contributed by atoms with Crippen molar-refractivity contribution in [2.75, 3.05) is 0 Å². The zero-order chi connectivity index (χ0) is 13.9. The van der Waals surface area contributed by atoms with E-state index in [9.17, 15) is 23.4 Å². The molecule has 2 atom stereocenters. The molecule has 1 aromatic rings. The van der Waals surface area contributed by atoms with Gasteiger partial charge in [-0.1, -0.05) is 26.7 Å². The van der Waals surface area contributed by atoms with E-state index in [0.29, 0.717) is 24.2 Å². The fraction of sp³-hybridized carbons (Fsp3) is 0.727. The Hall–Kier alpha value is -0.660. The van der Waals surface area contributed by atoms with E-state index in [4.69, 9.17) is 0 Å². The number of halogens is 3.